The molecular weight excluding hydrogens is 300 g/mol. The van der Waals surface area contributed by atoms with Crippen LogP contribution in [-0.4, -0.2) is 88.6 Å². The molecule has 2 heterocycles. The molecule has 0 amide bonds. The first-order valence-corrected chi connectivity index (χ1v) is 7.09. The van der Waals surface area contributed by atoms with E-state index in [1.54, 1.807) is 6.92 Å². The van der Waals surface area contributed by atoms with Crippen LogP contribution >= 0.6 is 0 Å². The van der Waals surface area contributed by atoms with Gasteiger partial charge in [-0.1, -0.05) is 0 Å². The fourth-order valence-electron chi connectivity index (χ4n) is 2.50. The van der Waals surface area contributed by atoms with Gasteiger partial charge in [0.05, 0.1) is 19.3 Å². The van der Waals surface area contributed by atoms with Crippen LogP contribution in [0.5, 0.6) is 0 Å². The van der Waals surface area contributed by atoms with Crippen LogP contribution < -0.4 is 0 Å². The van der Waals surface area contributed by atoms with E-state index >= 15 is 0 Å². The van der Waals surface area contributed by atoms with Crippen molar-refractivity contribution in [1.29, 1.82) is 0 Å². The largest absolute Gasteiger partial charge is 0.457 e. The predicted octanol–water partition coefficient (Wildman–Crippen LogP) is -2.48. The molecule has 0 radical (unpaired) electrons. The molecule has 2 fully saturated rings. The Morgan fingerprint density at radius 3 is 2.27 bits per heavy atom. The Bertz CT molecular complexity index is 390. The van der Waals surface area contributed by atoms with Crippen LogP contribution in [0.15, 0.2) is 0 Å². The van der Waals surface area contributed by atoms with Crippen LogP contribution in [0.3, 0.4) is 0 Å². The molecule has 22 heavy (non-hydrogen) atoms. The topological polar surface area (TPSA) is 135 Å². The van der Waals surface area contributed by atoms with Crippen LogP contribution in [0.4, 0.5) is 0 Å². The van der Waals surface area contributed by atoms with Crippen LogP contribution in [0.2, 0.25) is 0 Å². The number of esters is 1. The summed E-state index contributed by atoms with van der Waals surface area (Å²) < 4.78 is 21.0. The van der Waals surface area contributed by atoms with Crippen molar-refractivity contribution in [3.05, 3.63) is 0 Å². The Morgan fingerprint density at radius 2 is 1.64 bits per heavy atom. The van der Waals surface area contributed by atoms with E-state index in [2.05, 4.69) is 0 Å². The van der Waals surface area contributed by atoms with E-state index in [1.165, 1.54) is 6.92 Å². The molecule has 0 bridgehead atoms. The van der Waals surface area contributed by atoms with E-state index < -0.39 is 55.0 Å². The van der Waals surface area contributed by atoms with E-state index in [0.717, 1.165) is 0 Å². The Balaban J connectivity index is 2.08. The maximum atomic E-state index is 11.2. The number of carbonyl (C=O) groups excluding carboxylic acids is 1. The molecule has 0 aromatic rings. The highest BCUT2D eigenvalue weighted by atomic mass is 16.7. The van der Waals surface area contributed by atoms with E-state index in [0.29, 0.717) is 0 Å². The summed E-state index contributed by atoms with van der Waals surface area (Å²) in [5.74, 6) is -0.566. The number of rotatable bonds is 3. The second kappa shape index (κ2) is 7.18. The molecule has 2 aliphatic rings. The number of aliphatic hydroxyl groups excluding tert-OH is 4. The van der Waals surface area contributed by atoms with E-state index in [4.69, 9.17) is 18.9 Å². The Hall–Kier alpha value is -0.810. The first kappa shape index (κ1) is 17.5. The normalized spacial score (nSPS) is 46.3. The van der Waals surface area contributed by atoms with Gasteiger partial charge in [0.25, 0.3) is 0 Å². The van der Waals surface area contributed by atoms with Crippen molar-refractivity contribution >= 4 is 5.97 Å². The number of carbonyl (C=O) groups is 1. The van der Waals surface area contributed by atoms with Gasteiger partial charge in [-0.25, -0.2) is 0 Å². The van der Waals surface area contributed by atoms with Gasteiger partial charge in [0.1, 0.15) is 30.5 Å². The molecule has 2 rings (SSSR count). The average Bonchev–Trinajstić information content (AvgIpc) is 2.46. The lowest BCUT2D eigenvalue weighted by molar-refractivity contribution is -0.314. The molecule has 4 N–H and O–H groups in total. The second-order valence-electron chi connectivity index (χ2n) is 5.53. The van der Waals surface area contributed by atoms with Gasteiger partial charge >= 0.3 is 5.97 Å². The SMILES string of the molecule is CC(=O)O[C@@H]1[C@@H](O[C@@H]2OC[C@@H](O)[C@H](O)[C@H]2O)[C@@H](O)CO[C@H]1C. The number of ether oxygens (including phenoxy) is 4. The van der Waals surface area contributed by atoms with Crippen molar-refractivity contribution in [2.75, 3.05) is 13.2 Å². The zero-order chi connectivity index (χ0) is 16.4. The maximum Gasteiger partial charge on any atom is 0.303 e. The van der Waals surface area contributed by atoms with Crippen molar-refractivity contribution in [2.45, 2.75) is 62.9 Å². The summed E-state index contributed by atoms with van der Waals surface area (Å²) in [5.41, 5.74) is 0. The van der Waals surface area contributed by atoms with Gasteiger partial charge in [-0.3, -0.25) is 4.79 Å². The van der Waals surface area contributed by atoms with Gasteiger partial charge < -0.3 is 39.4 Å². The van der Waals surface area contributed by atoms with Gasteiger partial charge in [0.2, 0.25) is 0 Å². The van der Waals surface area contributed by atoms with Gasteiger partial charge in [0, 0.05) is 6.92 Å². The van der Waals surface area contributed by atoms with Crippen LogP contribution in [0, 0.1) is 0 Å². The minimum absolute atomic E-state index is 0.0302. The van der Waals surface area contributed by atoms with Crippen molar-refractivity contribution in [3.8, 4) is 0 Å². The first-order valence-electron chi connectivity index (χ1n) is 7.09. The van der Waals surface area contributed by atoms with Crippen molar-refractivity contribution < 1.29 is 44.2 Å². The monoisotopic (exact) mass is 322 g/mol. The van der Waals surface area contributed by atoms with Crippen molar-refractivity contribution in [2.24, 2.45) is 0 Å². The van der Waals surface area contributed by atoms with Crippen molar-refractivity contribution in [1.82, 2.24) is 0 Å². The smallest absolute Gasteiger partial charge is 0.303 e. The maximum absolute atomic E-state index is 11.2. The van der Waals surface area contributed by atoms with Gasteiger partial charge in [-0.15, -0.1) is 0 Å². The lowest BCUT2D eigenvalue weighted by Gasteiger charge is -2.42. The Morgan fingerprint density at radius 1 is 1.00 bits per heavy atom. The van der Waals surface area contributed by atoms with E-state index in [9.17, 15) is 25.2 Å². The molecule has 2 saturated heterocycles. The third kappa shape index (κ3) is 3.74. The van der Waals surface area contributed by atoms with Crippen LogP contribution in [0.1, 0.15) is 13.8 Å². The zero-order valence-electron chi connectivity index (χ0n) is 12.4. The molecule has 0 aromatic heterocycles. The number of hydrogen-bond donors (Lipinski definition) is 4. The fraction of sp³-hybridized carbons (Fsp3) is 0.923. The fourth-order valence-corrected chi connectivity index (χ4v) is 2.50. The average molecular weight is 322 g/mol. The highest BCUT2D eigenvalue weighted by molar-refractivity contribution is 5.66. The third-order valence-electron chi connectivity index (χ3n) is 3.74. The van der Waals surface area contributed by atoms with Gasteiger partial charge in [-0.05, 0) is 6.92 Å². The molecule has 9 nitrogen and oxygen atoms in total. The first-order chi connectivity index (χ1) is 10.3. The predicted molar refractivity (Wildman–Crippen MR) is 69.6 cm³/mol. The Kier molecular flexibility index (Phi) is 5.72. The molecule has 0 unspecified atom stereocenters. The highest BCUT2D eigenvalue weighted by Gasteiger charge is 2.46. The summed E-state index contributed by atoms with van der Waals surface area (Å²) in [4.78, 5) is 11.2. The molecule has 8 atom stereocenters. The molecule has 128 valence electrons. The lowest BCUT2D eigenvalue weighted by atomic mass is 9.99. The number of aliphatic hydroxyl groups is 4. The minimum Gasteiger partial charge on any atom is -0.457 e. The summed E-state index contributed by atoms with van der Waals surface area (Å²) in [6, 6.07) is 0. The highest BCUT2D eigenvalue weighted by Crippen LogP contribution is 2.26. The third-order valence-corrected chi connectivity index (χ3v) is 3.74. The molecule has 2 aliphatic heterocycles. The molecule has 0 saturated carbocycles. The van der Waals surface area contributed by atoms with Gasteiger partial charge in [-0.2, -0.15) is 0 Å². The molecule has 0 aliphatic carbocycles. The quantitative estimate of drug-likeness (QED) is 0.417. The summed E-state index contributed by atoms with van der Waals surface area (Å²) >= 11 is 0. The van der Waals surface area contributed by atoms with Crippen LogP contribution in [-0.2, 0) is 23.7 Å². The van der Waals surface area contributed by atoms with Crippen molar-refractivity contribution in [3.63, 3.8) is 0 Å². The molecule has 0 aromatic carbocycles. The molecule has 9 heteroatoms. The summed E-state index contributed by atoms with van der Waals surface area (Å²) in [6.07, 6.45) is -8.91. The van der Waals surface area contributed by atoms with Crippen LogP contribution in [0.25, 0.3) is 0 Å². The number of hydrogen-bond acceptors (Lipinski definition) is 9. The second-order valence-corrected chi connectivity index (χ2v) is 5.53. The lowest BCUT2D eigenvalue weighted by Crippen LogP contribution is -2.60. The summed E-state index contributed by atoms with van der Waals surface area (Å²) in [5, 5.41) is 38.9. The van der Waals surface area contributed by atoms with E-state index in [1.807, 2.05) is 0 Å². The zero-order valence-corrected chi connectivity index (χ0v) is 12.4. The molecular formula is C13H22O9. The molecule has 0 spiro atoms. The summed E-state index contributed by atoms with van der Waals surface area (Å²) in [6.45, 7) is 2.62. The Labute approximate surface area is 127 Å². The minimum atomic E-state index is -1.49. The standard InChI is InChI=1S/C13H22O9/c1-5-11(21-6(2)14)12(8(16)4-19-5)22-13-10(18)9(17)7(15)3-20-13/h5,7-13,15-18H,3-4H2,1-2H3/t5-,7+,8-,9-,10+,11-,12-,13-/m0/s1. The van der Waals surface area contributed by atoms with E-state index in [-0.39, 0.29) is 13.2 Å². The van der Waals surface area contributed by atoms with Gasteiger partial charge in [0.15, 0.2) is 12.4 Å². The summed E-state index contributed by atoms with van der Waals surface area (Å²) in [7, 11) is 0.